The summed E-state index contributed by atoms with van der Waals surface area (Å²) in [4.78, 5) is 14.7. The molecule has 7 nitrogen and oxygen atoms in total. The first-order valence-electron chi connectivity index (χ1n) is 7.29. The number of nitro groups is 1. The van der Waals surface area contributed by atoms with Gasteiger partial charge in [0.15, 0.2) is 0 Å². The first-order valence-corrected chi connectivity index (χ1v) is 7.29. The fourth-order valence-electron chi connectivity index (χ4n) is 2.56. The minimum Gasteiger partial charge on any atom is -0.376 e. The number of aryl methyl sites for hydroxylation is 1. The third kappa shape index (κ3) is 4.37. The van der Waals surface area contributed by atoms with Crippen LogP contribution in [-0.4, -0.2) is 35.2 Å². The van der Waals surface area contributed by atoms with Crippen LogP contribution in [0, 0.1) is 17.0 Å². The van der Waals surface area contributed by atoms with Crippen LogP contribution in [0.15, 0.2) is 12.3 Å². The number of rotatable bonds is 6. The molecule has 7 heteroatoms. The maximum absolute atomic E-state index is 11.0. The number of hydrogen-bond acceptors (Lipinski definition) is 6. The first kappa shape index (κ1) is 15.7. The standard InChI is InChI=1S/C14H22N4O3/c1-10-6-7-16-14(13(10)18(19)20)17-8-9-21-12-4-2-11(15)3-5-12/h6-7,11-12H,2-5,8-9,15H2,1H3,(H,16,17). The molecule has 0 unspecified atom stereocenters. The predicted octanol–water partition coefficient (Wildman–Crippen LogP) is 2.00. The molecular weight excluding hydrogens is 272 g/mol. The normalized spacial score (nSPS) is 22.0. The highest BCUT2D eigenvalue weighted by molar-refractivity contribution is 5.59. The molecule has 0 aromatic carbocycles. The fraction of sp³-hybridized carbons (Fsp3) is 0.643. The predicted molar refractivity (Wildman–Crippen MR) is 80.3 cm³/mol. The maximum atomic E-state index is 11.0. The number of anilines is 1. The molecule has 0 saturated heterocycles. The zero-order valence-corrected chi connectivity index (χ0v) is 12.2. The minimum atomic E-state index is -0.409. The molecule has 0 amide bonds. The lowest BCUT2D eigenvalue weighted by atomic mass is 9.94. The van der Waals surface area contributed by atoms with Crippen molar-refractivity contribution in [3.8, 4) is 0 Å². The zero-order chi connectivity index (χ0) is 15.2. The van der Waals surface area contributed by atoms with Crippen LogP contribution in [0.3, 0.4) is 0 Å². The van der Waals surface area contributed by atoms with Crippen molar-refractivity contribution in [2.45, 2.75) is 44.8 Å². The highest BCUT2D eigenvalue weighted by Crippen LogP contribution is 2.25. The van der Waals surface area contributed by atoms with Crippen molar-refractivity contribution in [3.05, 3.63) is 27.9 Å². The van der Waals surface area contributed by atoms with Crippen molar-refractivity contribution in [1.29, 1.82) is 0 Å². The van der Waals surface area contributed by atoms with Crippen LogP contribution in [0.1, 0.15) is 31.2 Å². The van der Waals surface area contributed by atoms with E-state index in [4.69, 9.17) is 10.5 Å². The average Bonchev–Trinajstić information content (AvgIpc) is 2.45. The van der Waals surface area contributed by atoms with Gasteiger partial charge in [-0.1, -0.05) is 0 Å². The first-order chi connectivity index (χ1) is 10.1. The Balaban J connectivity index is 1.79. The van der Waals surface area contributed by atoms with Crippen LogP contribution >= 0.6 is 0 Å². The van der Waals surface area contributed by atoms with Gasteiger partial charge in [0.05, 0.1) is 17.6 Å². The summed E-state index contributed by atoms with van der Waals surface area (Å²) >= 11 is 0. The van der Waals surface area contributed by atoms with E-state index in [0.29, 0.717) is 30.6 Å². The van der Waals surface area contributed by atoms with Crippen LogP contribution in [-0.2, 0) is 4.74 Å². The van der Waals surface area contributed by atoms with Crippen LogP contribution in [0.5, 0.6) is 0 Å². The van der Waals surface area contributed by atoms with Crippen molar-refractivity contribution in [1.82, 2.24) is 4.98 Å². The number of ether oxygens (including phenoxy) is 1. The van der Waals surface area contributed by atoms with E-state index in [9.17, 15) is 10.1 Å². The molecule has 0 spiro atoms. The third-order valence-corrected chi connectivity index (χ3v) is 3.78. The highest BCUT2D eigenvalue weighted by Gasteiger charge is 2.20. The molecule has 0 bridgehead atoms. The topological polar surface area (TPSA) is 103 Å². The number of hydrogen-bond donors (Lipinski definition) is 2. The molecule has 0 radical (unpaired) electrons. The molecule has 1 fully saturated rings. The largest absolute Gasteiger partial charge is 0.376 e. The average molecular weight is 294 g/mol. The molecule has 1 saturated carbocycles. The van der Waals surface area contributed by atoms with Crippen molar-refractivity contribution < 1.29 is 9.66 Å². The Morgan fingerprint density at radius 2 is 2.19 bits per heavy atom. The van der Waals surface area contributed by atoms with Gasteiger partial charge in [-0.25, -0.2) is 4.98 Å². The van der Waals surface area contributed by atoms with Gasteiger partial charge in [-0.05, 0) is 38.7 Å². The zero-order valence-electron chi connectivity index (χ0n) is 12.2. The summed E-state index contributed by atoms with van der Waals surface area (Å²) in [7, 11) is 0. The summed E-state index contributed by atoms with van der Waals surface area (Å²) in [5.74, 6) is 0.300. The number of nitrogens with zero attached hydrogens (tertiary/aromatic N) is 2. The van der Waals surface area contributed by atoms with E-state index >= 15 is 0 Å². The van der Waals surface area contributed by atoms with E-state index in [0.717, 1.165) is 25.7 Å². The maximum Gasteiger partial charge on any atom is 0.314 e. The molecule has 116 valence electrons. The lowest BCUT2D eigenvalue weighted by Gasteiger charge is -2.26. The van der Waals surface area contributed by atoms with E-state index in [1.54, 1.807) is 19.2 Å². The summed E-state index contributed by atoms with van der Waals surface area (Å²) in [5, 5.41) is 14.0. The Morgan fingerprint density at radius 3 is 2.86 bits per heavy atom. The van der Waals surface area contributed by atoms with Crippen molar-refractivity contribution in [3.63, 3.8) is 0 Å². The van der Waals surface area contributed by atoms with Crippen LogP contribution in [0.4, 0.5) is 11.5 Å². The molecule has 0 atom stereocenters. The van der Waals surface area contributed by atoms with Crippen LogP contribution in [0.25, 0.3) is 0 Å². The Labute approximate surface area is 124 Å². The molecule has 21 heavy (non-hydrogen) atoms. The number of pyridine rings is 1. The van der Waals surface area contributed by atoms with Gasteiger partial charge in [0.2, 0.25) is 5.82 Å². The van der Waals surface area contributed by atoms with Gasteiger partial charge in [-0.2, -0.15) is 0 Å². The summed E-state index contributed by atoms with van der Waals surface area (Å²) in [6.45, 7) is 2.71. The Bertz CT molecular complexity index is 487. The van der Waals surface area contributed by atoms with E-state index in [1.807, 2.05) is 0 Å². The van der Waals surface area contributed by atoms with Crippen molar-refractivity contribution in [2.24, 2.45) is 5.73 Å². The van der Waals surface area contributed by atoms with Crippen LogP contribution < -0.4 is 11.1 Å². The minimum absolute atomic E-state index is 0.0288. The van der Waals surface area contributed by atoms with Gasteiger partial charge in [-0.3, -0.25) is 10.1 Å². The monoisotopic (exact) mass is 294 g/mol. The van der Waals surface area contributed by atoms with Gasteiger partial charge in [-0.15, -0.1) is 0 Å². The molecule has 1 aliphatic rings. The second kappa shape index (κ2) is 7.33. The third-order valence-electron chi connectivity index (χ3n) is 3.78. The molecular formula is C14H22N4O3. The smallest absolute Gasteiger partial charge is 0.314 e. The SMILES string of the molecule is Cc1ccnc(NCCOC2CCC(N)CC2)c1[N+](=O)[O-]. The molecule has 1 aromatic rings. The Morgan fingerprint density at radius 1 is 1.48 bits per heavy atom. The molecule has 1 heterocycles. The van der Waals surface area contributed by atoms with Gasteiger partial charge in [0.25, 0.3) is 0 Å². The number of aromatic nitrogens is 1. The van der Waals surface area contributed by atoms with Gasteiger partial charge < -0.3 is 15.8 Å². The lowest BCUT2D eigenvalue weighted by molar-refractivity contribution is -0.384. The number of nitrogens with one attached hydrogen (secondary N) is 1. The van der Waals surface area contributed by atoms with Gasteiger partial charge in [0.1, 0.15) is 0 Å². The van der Waals surface area contributed by atoms with E-state index in [1.165, 1.54) is 0 Å². The summed E-state index contributed by atoms with van der Waals surface area (Å²) in [6.07, 6.45) is 5.81. The second-order valence-corrected chi connectivity index (χ2v) is 5.42. The molecule has 1 aliphatic carbocycles. The van der Waals surface area contributed by atoms with Crippen molar-refractivity contribution >= 4 is 11.5 Å². The van der Waals surface area contributed by atoms with E-state index in [2.05, 4.69) is 10.3 Å². The quantitative estimate of drug-likeness (QED) is 0.472. The molecule has 3 N–H and O–H groups in total. The molecule has 1 aromatic heterocycles. The molecule has 2 rings (SSSR count). The lowest BCUT2D eigenvalue weighted by Crippen LogP contribution is -2.31. The van der Waals surface area contributed by atoms with E-state index in [-0.39, 0.29) is 11.8 Å². The highest BCUT2D eigenvalue weighted by atomic mass is 16.6. The fourth-order valence-corrected chi connectivity index (χ4v) is 2.56. The van der Waals surface area contributed by atoms with Crippen molar-refractivity contribution in [2.75, 3.05) is 18.5 Å². The van der Waals surface area contributed by atoms with Crippen LogP contribution in [0.2, 0.25) is 0 Å². The van der Waals surface area contributed by atoms with Gasteiger partial charge >= 0.3 is 5.69 Å². The Kier molecular flexibility index (Phi) is 5.46. The number of nitrogens with two attached hydrogens (primary N) is 1. The Hall–Kier alpha value is -1.73. The second-order valence-electron chi connectivity index (χ2n) is 5.42. The summed E-state index contributed by atoms with van der Waals surface area (Å²) in [5.41, 5.74) is 6.47. The summed E-state index contributed by atoms with van der Waals surface area (Å²) < 4.78 is 5.77. The summed E-state index contributed by atoms with van der Waals surface area (Å²) in [6, 6.07) is 1.94. The van der Waals surface area contributed by atoms with E-state index < -0.39 is 4.92 Å². The molecule has 0 aliphatic heterocycles. The van der Waals surface area contributed by atoms with Gasteiger partial charge in [0, 0.05) is 24.3 Å².